The minimum absolute atomic E-state index is 0.0322. The molecule has 0 fully saturated rings. The van der Waals surface area contributed by atoms with Crippen molar-refractivity contribution in [3.8, 4) is 0 Å². The third-order valence-corrected chi connectivity index (χ3v) is 4.60. The molecule has 0 aromatic heterocycles. The fraction of sp³-hybridized carbons (Fsp3) is 0.538. The largest absolute Gasteiger partial charge is 0.242 e. The molecular weight excluding hydrogens is 234 g/mol. The van der Waals surface area contributed by atoms with Crippen LogP contribution in [0.25, 0.3) is 0 Å². The molecule has 1 rings (SSSR count). The van der Waals surface area contributed by atoms with Gasteiger partial charge >= 0.3 is 0 Å². The van der Waals surface area contributed by atoms with Crippen LogP contribution in [0.15, 0.2) is 23.1 Å². The summed E-state index contributed by atoms with van der Waals surface area (Å²) in [4.78, 5) is 0.355. The smallest absolute Gasteiger partial charge is 0.207 e. The van der Waals surface area contributed by atoms with E-state index < -0.39 is 10.0 Å². The van der Waals surface area contributed by atoms with Gasteiger partial charge in [-0.05, 0) is 35.6 Å². The van der Waals surface area contributed by atoms with Crippen molar-refractivity contribution >= 4 is 10.0 Å². The molecular formula is C13H21NO2S. The first-order valence-electron chi connectivity index (χ1n) is 5.60. The van der Waals surface area contributed by atoms with E-state index in [0.717, 1.165) is 5.56 Å². The van der Waals surface area contributed by atoms with Gasteiger partial charge in [0.25, 0.3) is 0 Å². The monoisotopic (exact) mass is 255 g/mol. The second kappa shape index (κ2) is 4.42. The molecule has 0 bridgehead atoms. The molecule has 0 radical (unpaired) electrons. The lowest BCUT2D eigenvalue weighted by Gasteiger charge is -2.22. The molecule has 1 aromatic carbocycles. The highest BCUT2D eigenvalue weighted by atomic mass is 32.2. The molecule has 0 aliphatic heterocycles. The number of hydrogen-bond donors (Lipinski definition) is 0. The zero-order chi connectivity index (χ0) is 13.4. The standard InChI is InChI=1S/C13H21NO2S/c1-10-9-11(17(15,16)14(5)6)7-8-12(10)13(2,3)4/h7-9H,1-6H3. The molecule has 0 N–H and O–H groups in total. The molecule has 0 saturated heterocycles. The van der Waals surface area contributed by atoms with Crippen molar-refractivity contribution < 1.29 is 8.42 Å². The molecule has 0 saturated carbocycles. The van der Waals surface area contributed by atoms with Gasteiger partial charge in [-0.2, -0.15) is 0 Å². The van der Waals surface area contributed by atoms with Gasteiger partial charge < -0.3 is 0 Å². The van der Waals surface area contributed by atoms with Gasteiger partial charge in [0.05, 0.1) is 4.90 Å². The van der Waals surface area contributed by atoms with Crippen LogP contribution in [0.1, 0.15) is 31.9 Å². The minimum Gasteiger partial charge on any atom is -0.207 e. The maximum absolute atomic E-state index is 12.0. The van der Waals surface area contributed by atoms with Crippen LogP contribution < -0.4 is 0 Å². The van der Waals surface area contributed by atoms with E-state index in [-0.39, 0.29) is 5.41 Å². The first-order valence-corrected chi connectivity index (χ1v) is 7.04. The summed E-state index contributed by atoms with van der Waals surface area (Å²) in [7, 11) is -0.240. The van der Waals surface area contributed by atoms with Crippen LogP contribution in [-0.4, -0.2) is 26.8 Å². The number of nitrogens with zero attached hydrogens (tertiary/aromatic N) is 1. The first-order chi connectivity index (χ1) is 7.56. The van der Waals surface area contributed by atoms with E-state index in [1.54, 1.807) is 26.2 Å². The Morgan fingerprint density at radius 3 is 2.00 bits per heavy atom. The molecule has 0 atom stereocenters. The molecule has 0 aliphatic rings. The highest BCUT2D eigenvalue weighted by molar-refractivity contribution is 7.89. The molecule has 4 heteroatoms. The van der Waals surface area contributed by atoms with Crippen LogP contribution in [-0.2, 0) is 15.4 Å². The summed E-state index contributed by atoms with van der Waals surface area (Å²) in [5.41, 5.74) is 2.22. The highest BCUT2D eigenvalue weighted by Crippen LogP contribution is 2.27. The Morgan fingerprint density at radius 2 is 1.65 bits per heavy atom. The summed E-state index contributed by atoms with van der Waals surface area (Å²) in [6.45, 7) is 8.32. The summed E-state index contributed by atoms with van der Waals surface area (Å²) >= 11 is 0. The third-order valence-electron chi connectivity index (χ3n) is 2.78. The number of sulfonamides is 1. The molecule has 0 amide bonds. The van der Waals surface area contributed by atoms with Crippen LogP contribution in [0.2, 0.25) is 0 Å². The molecule has 17 heavy (non-hydrogen) atoms. The lowest BCUT2D eigenvalue weighted by molar-refractivity contribution is 0.520. The van der Waals surface area contributed by atoms with Gasteiger partial charge in [0.2, 0.25) is 10.0 Å². The molecule has 0 spiro atoms. The van der Waals surface area contributed by atoms with Gasteiger partial charge in [-0.3, -0.25) is 0 Å². The van der Waals surface area contributed by atoms with E-state index in [2.05, 4.69) is 20.8 Å². The Labute approximate surface area is 105 Å². The molecule has 0 heterocycles. The van der Waals surface area contributed by atoms with Crippen molar-refractivity contribution in [3.63, 3.8) is 0 Å². The lowest BCUT2D eigenvalue weighted by atomic mass is 9.84. The number of aryl methyl sites for hydroxylation is 1. The van der Waals surface area contributed by atoms with Gasteiger partial charge in [-0.1, -0.05) is 26.8 Å². The predicted octanol–water partition coefficient (Wildman–Crippen LogP) is 2.54. The SMILES string of the molecule is Cc1cc(S(=O)(=O)N(C)C)ccc1C(C)(C)C. The Kier molecular flexibility index (Phi) is 3.69. The Morgan fingerprint density at radius 1 is 1.12 bits per heavy atom. The lowest BCUT2D eigenvalue weighted by Crippen LogP contribution is -2.23. The fourth-order valence-corrected chi connectivity index (χ4v) is 2.84. The summed E-state index contributed by atoms with van der Waals surface area (Å²) in [5, 5.41) is 0. The number of benzene rings is 1. The van der Waals surface area contributed by atoms with E-state index >= 15 is 0 Å². The van der Waals surface area contributed by atoms with Crippen LogP contribution in [0.5, 0.6) is 0 Å². The van der Waals surface area contributed by atoms with E-state index in [1.165, 1.54) is 9.87 Å². The van der Waals surface area contributed by atoms with E-state index in [1.807, 2.05) is 13.0 Å². The number of rotatable bonds is 2. The van der Waals surface area contributed by atoms with E-state index in [4.69, 9.17) is 0 Å². The number of hydrogen-bond acceptors (Lipinski definition) is 2. The summed E-state index contributed by atoms with van der Waals surface area (Å²) < 4.78 is 25.2. The molecule has 0 unspecified atom stereocenters. The van der Waals surface area contributed by atoms with Crippen molar-refractivity contribution in [2.45, 2.75) is 38.0 Å². The van der Waals surface area contributed by atoms with Gasteiger partial charge in [0, 0.05) is 14.1 Å². The average molecular weight is 255 g/mol. The van der Waals surface area contributed by atoms with Crippen molar-refractivity contribution in [1.29, 1.82) is 0 Å². The van der Waals surface area contributed by atoms with Crippen molar-refractivity contribution in [1.82, 2.24) is 4.31 Å². The molecule has 3 nitrogen and oxygen atoms in total. The molecule has 96 valence electrons. The second-order valence-electron chi connectivity index (χ2n) is 5.51. The van der Waals surface area contributed by atoms with Crippen molar-refractivity contribution in [2.75, 3.05) is 14.1 Å². The van der Waals surface area contributed by atoms with Gasteiger partial charge in [-0.25, -0.2) is 12.7 Å². The van der Waals surface area contributed by atoms with E-state index in [0.29, 0.717) is 4.90 Å². The van der Waals surface area contributed by atoms with E-state index in [9.17, 15) is 8.42 Å². The normalized spacial score (nSPS) is 13.1. The minimum atomic E-state index is -3.33. The first kappa shape index (κ1) is 14.2. The average Bonchev–Trinajstić information content (AvgIpc) is 2.15. The van der Waals surface area contributed by atoms with Crippen LogP contribution in [0, 0.1) is 6.92 Å². The van der Waals surface area contributed by atoms with Crippen LogP contribution in [0.4, 0.5) is 0 Å². The highest BCUT2D eigenvalue weighted by Gasteiger charge is 2.21. The second-order valence-corrected chi connectivity index (χ2v) is 7.67. The maximum Gasteiger partial charge on any atom is 0.242 e. The van der Waals surface area contributed by atoms with Crippen LogP contribution >= 0.6 is 0 Å². The zero-order valence-electron chi connectivity index (χ0n) is 11.4. The summed E-state index contributed by atoms with van der Waals surface area (Å²) in [6, 6.07) is 5.34. The fourth-order valence-electron chi connectivity index (χ4n) is 1.85. The summed E-state index contributed by atoms with van der Waals surface area (Å²) in [5.74, 6) is 0. The van der Waals surface area contributed by atoms with Crippen molar-refractivity contribution in [3.05, 3.63) is 29.3 Å². The Hall–Kier alpha value is -0.870. The van der Waals surface area contributed by atoms with Gasteiger partial charge in [0.1, 0.15) is 0 Å². The van der Waals surface area contributed by atoms with Gasteiger partial charge in [0.15, 0.2) is 0 Å². The zero-order valence-corrected chi connectivity index (χ0v) is 12.2. The quantitative estimate of drug-likeness (QED) is 0.814. The Bertz CT molecular complexity index is 511. The van der Waals surface area contributed by atoms with Crippen molar-refractivity contribution in [2.24, 2.45) is 0 Å². The predicted molar refractivity (Wildman–Crippen MR) is 70.8 cm³/mol. The third kappa shape index (κ3) is 2.87. The maximum atomic E-state index is 12.0. The summed E-state index contributed by atoms with van der Waals surface area (Å²) in [6.07, 6.45) is 0. The Balaban J connectivity index is 3.33. The molecule has 1 aromatic rings. The van der Waals surface area contributed by atoms with Crippen LogP contribution in [0.3, 0.4) is 0 Å². The van der Waals surface area contributed by atoms with Gasteiger partial charge in [-0.15, -0.1) is 0 Å². The topological polar surface area (TPSA) is 37.4 Å². The molecule has 0 aliphatic carbocycles.